The molecular formula is C50H57ClN6O8S2. The van der Waals surface area contributed by atoms with Gasteiger partial charge in [-0.2, -0.15) is 0 Å². The van der Waals surface area contributed by atoms with Crippen molar-refractivity contribution in [2.24, 2.45) is 5.92 Å². The number of hydrogen-bond donors (Lipinski definition) is 4. The van der Waals surface area contributed by atoms with E-state index in [0.717, 1.165) is 44.8 Å². The van der Waals surface area contributed by atoms with Crippen LogP contribution in [0.4, 0.5) is 0 Å². The average Bonchev–Trinajstić information content (AvgIpc) is 4.05. The maximum absolute atomic E-state index is 12.9. The first-order chi connectivity index (χ1) is 31.8. The maximum atomic E-state index is 12.9. The van der Waals surface area contributed by atoms with Crippen LogP contribution >= 0.6 is 34.3 Å². The lowest BCUT2D eigenvalue weighted by molar-refractivity contribution is -0.138. The van der Waals surface area contributed by atoms with Gasteiger partial charge in [-0.3, -0.25) is 49.0 Å². The fraction of sp³-hybridized carbons (Fsp3) is 0.440. The van der Waals surface area contributed by atoms with Crippen molar-refractivity contribution in [2.75, 3.05) is 0 Å². The van der Waals surface area contributed by atoms with Crippen LogP contribution in [0.5, 0.6) is 0 Å². The molecule has 8 rings (SSSR count). The number of carbonyl (C=O) groups is 8. The Morgan fingerprint density at radius 3 is 1.75 bits per heavy atom. The predicted octanol–water partition coefficient (Wildman–Crippen LogP) is 6.97. The van der Waals surface area contributed by atoms with Crippen LogP contribution in [-0.4, -0.2) is 69.1 Å². The molecule has 4 aliphatic heterocycles. The van der Waals surface area contributed by atoms with E-state index in [1.165, 1.54) is 43.6 Å². The highest BCUT2D eigenvalue weighted by atomic mass is 35.5. The first kappa shape index (κ1) is 49.2. The number of hydrogen-bond acceptors (Lipinski definition) is 10. The number of benzene rings is 2. The summed E-state index contributed by atoms with van der Waals surface area (Å²) in [6.45, 7) is 13.7. The Morgan fingerprint density at radius 1 is 0.776 bits per heavy atom. The molecule has 17 heteroatoms. The number of amides is 8. The van der Waals surface area contributed by atoms with Crippen LogP contribution in [0.1, 0.15) is 143 Å². The van der Waals surface area contributed by atoms with Crippen LogP contribution in [0, 0.1) is 12.8 Å². The van der Waals surface area contributed by atoms with Gasteiger partial charge in [-0.1, -0.05) is 82.6 Å². The van der Waals surface area contributed by atoms with Crippen LogP contribution in [0.15, 0.2) is 53.2 Å². The third kappa shape index (κ3) is 11.0. The molecule has 2 aromatic carbocycles. The zero-order chi connectivity index (χ0) is 48.3. The number of nitrogens with zero attached hydrogens (tertiary/aromatic N) is 2. The largest absolute Gasteiger partial charge is 0.351 e. The molecule has 0 bridgehead atoms. The average molecular weight is 970 g/mol. The number of thiophene rings is 2. The fourth-order valence-corrected chi connectivity index (χ4v) is 11.0. The van der Waals surface area contributed by atoms with Gasteiger partial charge in [0.15, 0.2) is 0 Å². The zero-order valence-electron chi connectivity index (χ0n) is 38.6. The second kappa shape index (κ2) is 20.7. The fourth-order valence-electron chi connectivity index (χ4n) is 8.82. The number of fused-ring (bicyclic) bond motifs is 2. The Labute approximate surface area is 403 Å². The van der Waals surface area contributed by atoms with Crippen LogP contribution in [0.25, 0.3) is 0 Å². The van der Waals surface area contributed by atoms with Crippen LogP contribution in [0.2, 0.25) is 5.02 Å². The van der Waals surface area contributed by atoms with Gasteiger partial charge in [0.25, 0.3) is 11.8 Å². The first-order valence-corrected chi connectivity index (χ1v) is 24.9. The van der Waals surface area contributed by atoms with Crippen molar-refractivity contribution in [3.05, 3.63) is 113 Å². The lowest BCUT2D eigenvalue weighted by Crippen LogP contribution is -2.52. The molecule has 4 aromatic rings. The highest BCUT2D eigenvalue weighted by Crippen LogP contribution is 2.36. The van der Waals surface area contributed by atoms with E-state index in [1.54, 1.807) is 10.8 Å². The SMILES string of the molecule is CC(CCc1ccc(C(C)(C)C)cc1)C(=O)NCc1scc2c1CN(C1CCC(=O)NC1=O)C2=O.CCC(C(=O)NCc1scc2c1CN(C1CCC(=O)NC1=O)C2=O)c1ccc(C)c(Cl)c1. The molecule has 4 N–H and O–H groups in total. The van der Waals surface area contributed by atoms with Crippen LogP contribution < -0.4 is 21.3 Å². The van der Waals surface area contributed by atoms with E-state index in [0.29, 0.717) is 61.6 Å². The van der Waals surface area contributed by atoms with Gasteiger partial charge in [0.2, 0.25) is 35.4 Å². The Balaban J connectivity index is 0.000000200. The van der Waals surface area contributed by atoms with Crippen LogP contribution in [-0.2, 0) is 66.8 Å². The molecule has 2 fully saturated rings. The summed E-state index contributed by atoms with van der Waals surface area (Å²) in [6, 6.07) is 13.0. The Morgan fingerprint density at radius 2 is 1.28 bits per heavy atom. The maximum Gasteiger partial charge on any atom is 0.256 e. The van der Waals surface area contributed by atoms with Gasteiger partial charge in [0.05, 0.1) is 30.1 Å². The summed E-state index contributed by atoms with van der Waals surface area (Å²) in [5.41, 5.74) is 7.36. The smallest absolute Gasteiger partial charge is 0.256 e. The lowest BCUT2D eigenvalue weighted by Gasteiger charge is -2.29. The van der Waals surface area contributed by atoms with E-state index in [4.69, 9.17) is 11.6 Å². The van der Waals surface area contributed by atoms with Gasteiger partial charge in [-0.15, -0.1) is 22.7 Å². The minimum atomic E-state index is -0.643. The molecule has 67 heavy (non-hydrogen) atoms. The molecule has 0 saturated carbocycles. The molecule has 2 saturated heterocycles. The highest BCUT2D eigenvalue weighted by molar-refractivity contribution is 7.10. The van der Waals surface area contributed by atoms with E-state index >= 15 is 0 Å². The topological polar surface area (TPSA) is 191 Å². The van der Waals surface area contributed by atoms with E-state index < -0.39 is 23.9 Å². The molecule has 8 amide bonds. The first-order valence-electron chi connectivity index (χ1n) is 22.7. The summed E-state index contributed by atoms with van der Waals surface area (Å²) in [5, 5.41) is 14.9. The summed E-state index contributed by atoms with van der Waals surface area (Å²) in [4.78, 5) is 104. The minimum absolute atomic E-state index is 0.00943. The van der Waals surface area contributed by atoms with Crippen molar-refractivity contribution >= 4 is 81.5 Å². The lowest BCUT2D eigenvalue weighted by atomic mass is 9.86. The van der Waals surface area contributed by atoms with Gasteiger partial charge in [0.1, 0.15) is 12.1 Å². The summed E-state index contributed by atoms with van der Waals surface area (Å²) in [7, 11) is 0. The molecule has 4 aliphatic rings. The molecule has 14 nitrogen and oxygen atoms in total. The number of rotatable bonds is 13. The highest BCUT2D eigenvalue weighted by Gasteiger charge is 2.42. The third-order valence-electron chi connectivity index (χ3n) is 13.1. The van der Waals surface area contributed by atoms with Gasteiger partial charge < -0.3 is 20.4 Å². The van der Waals surface area contributed by atoms with E-state index in [1.807, 2.05) is 39.0 Å². The summed E-state index contributed by atoms with van der Waals surface area (Å²) >= 11 is 9.12. The standard InChI is InChI=1S/C27H33N3O4S.C23H24ClN3O4S/c1-16(5-6-17-7-9-18(10-8-17)27(2,3)4)24(32)28-13-22-19-14-30(26(34)20(19)15-35-22)21-11-12-23(31)29-25(21)33;1-3-14(13-5-4-12(2)17(24)8-13)21(29)25-9-19-15-10-27(23(31)16(15)11-32-19)18-6-7-20(28)26-22(18)30/h7-10,15-16,21H,5-6,11-14H2,1-4H3,(H,28,32)(H,29,31,33);4-5,8,11,14,18H,3,6-7,9-10H2,1-2H3,(H,25,29)(H,26,28,30). The molecule has 2 aromatic heterocycles. The number of imide groups is 2. The molecule has 6 heterocycles. The van der Waals surface area contributed by atoms with Crippen molar-refractivity contribution in [3.63, 3.8) is 0 Å². The Bertz CT molecular complexity index is 2620. The van der Waals surface area contributed by atoms with Gasteiger partial charge in [0, 0.05) is 57.4 Å². The van der Waals surface area contributed by atoms with Gasteiger partial charge in [-0.05, 0) is 83.9 Å². The van der Waals surface area contributed by atoms with Crippen molar-refractivity contribution in [1.29, 1.82) is 0 Å². The molecular weight excluding hydrogens is 912 g/mol. The Hall–Kier alpha value is -5.71. The molecule has 354 valence electrons. The molecule has 0 radical (unpaired) electrons. The minimum Gasteiger partial charge on any atom is -0.351 e. The summed E-state index contributed by atoms with van der Waals surface area (Å²) in [6.07, 6.45) is 3.34. The third-order valence-corrected chi connectivity index (χ3v) is 15.5. The van der Waals surface area contributed by atoms with Gasteiger partial charge >= 0.3 is 0 Å². The number of aryl methyl sites for hydroxylation is 2. The van der Waals surface area contributed by atoms with E-state index in [2.05, 4.69) is 66.3 Å². The quantitative estimate of drug-likeness (QED) is 0.103. The molecule has 0 spiro atoms. The molecule has 4 unspecified atom stereocenters. The van der Waals surface area contributed by atoms with E-state index in [9.17, 15) is 38.4 Å². The van der Waals surface area contributed by atoms with Gasteiger partial charge in [-0.25, -0.2) is 0 Å². The number of carbonyl (C=O) groups excluding carboxylic acids is 8. The summed E-state index contributed by atoms with van der Waals surface area (Å²) in [5.74, 6) is -2.40. The monoisotopic (exact) mass is 968 g/mol. The number of halogens is 1. The van der Waals surface area contributed by atoms with Crippen molar-refractivity contribution < 1.29 is 38.4 Å². The predicted molar refractivity (Wildman–Crippen MR) is 256 cm³/mol. The summed E-state index contributed by atoms with van der Waals surface area (Å²) < 4.78 is 0. The Kier molecular flexibility index (Phi) is 15.2. The second-order valence-electron chi connectivity index (χ2n) is 18.7. The molecule has 0 aliphatic carbocycles. The molecule has 4 atom stereocenters. The normalized spacial score (nSPS) is 19.0. The second-order valence-corrected chi connectivity index (χ2v) is 21.0. The zero-order valence-corrected chi connectivity index (χ0v) is 41.0. The van der Waals surface area contributed by atoms with Crippen molar-refractivity contribution in [2.45, 2.75) is 136 Å². The van der Waals surface area contributed by atoms with E-state index in [-0.39, 0.29) is 65.5 Å². The van der Waals surface area contributed by atoms with Crippen molar-refractivity contribution in [1.82, 2.24) is 31.1 Å². The number of piperidine rings is 2. The van der Waals surface area contributed by atoms with Crippen molar-refractivity contribution in [3.8, 4) is 0 Å². The van der Waals surface area contributed by atoms with Crippen LogP contribution in [0.3, 0.4) is 0 Å². The number of nitrogens with one attached hydrogen (secondary N) is 4.